The first kappa shape index (κ1) is 17.4. The summed E-state index contributed by atoms with van der Waals surface area (Å²) >= 11 is 3.40. The van der Waals surface area contributed by atoms with Crippen LogP contribution in [0.1, 0.15) is 23.0 Å². The lowest BCUT2D eigenvalue weighted by molar-refractivity contribution is 0.0945. The Morgan fingerprint density at radius 2 is 2.04 bits per heavy atom. The van der Waals surface area contributed by atoms with E-state index in [2.05, 4.69) is 21.2 Å². The van der Waals surface area contributed by atoms with E-state index in [9.17, 15) is 4.79 Å². The summed E-state index contributed by atoms with van der Waals surface area (Å²) in [4.78, 5) is 12.3. The number of hydrogen-bond donors (Lipinski definition) is 1. The molecule has 0 unspecified atom stereocenters. The molecule has 0 spiro atoms. The van der Waals surface area contributed by atoms with Crippen LogP contribution in [0.4, 0.5) is 0 Å². The summed E-state index contributed by atoms with van der Waals surface area (Å²) in [5, 5.41) is 2.95. The zero-order valence-corrected chi connectivity index (χ0v) is 15.1. The zero-order chi connectivity index (χ0) is 16.8. The molecule has 0 aliphatic heterocycles. The SMILES string of the molecule is CCn1cc(Br)cc1C(=O)NCCc1ccc(OC)cc1OC. The highest BCUT2D eigenvalue weighted by molar-refractivity contribution is 9.10. The minimum Gasteiger partial charge on any atom is -0.497 e. The molecule has 0 fully saturated rings. The largest absolute Gasteiger partial charge is 0.497 e. The Morgan fingerprint density at radius 3 is 2.70 bits per heavy atom. The Kier molecular flexibility index (Phi) is 6.10. The topological polar surface area (TPSA) is 52.5 Å². The Morgan fingerprint density at radius 1 is 1.26 bits per heavy atom. The summed E-state index contributed by atoms with van der Waals surface area (Å²) in [5.41, 5.74) is 1.68. The van der Waals surface area contributed by atoms with Gasteiger partial charge in [-0.3, -0.25) is 4.79 Å². The molecule has 1 aromatic carbocycles. The second-order valence-corrected chi connectivity index (χ2v) is 5.93. The quantitative estimate of drug-likeness (QED) is 0.801. The summed E-state index contributed by atoms with van der Waals surface area (Å²) in [7, 11) is 3.25. The van der Waals surface area contributed by atoms with Crippen LogP contribution in [-0.2, 0) is 13.0 Å². The number of carbonyl (C=O) groups excluding carboxylic acids is 1. The Balaban J connectivity index is 1.98. The molecule has 0 aliphatic rings. The predicted molar refractivity (Wildman–Crippen MR) is 93.4 cm³/mol. The molecule has 6 heteroatoms. The highest BCUT2D eigenvalue weighted by atomic mass is 79.9. The highest BCUT2D eigenvalue weighted by Crippen LogP contribution is 2.24. The molecule has 0 saturated carbocycles. The van der Waals surface area contributed by atoms with Gasteiger partial charge in [0.05, 0.1) is 14.2 Å². The van der Waals surface area contributed by atoms with Gasteiger partial charge >= 0.3 is 0 Å². The maximum Gasteiger partial charge on any atom is 0.267 e. The van der Waals surface area contributed by atoms with Crippen LogP contribution in [0.25, 0.3) is 0 Å². The molecule has 1 heterocycles. The van der Waals surface area contributed by atoms with Crippen molar-refractivity contribution in [3.8, 4) is 11.5 Å². The van der Waals surface area contributed by atoms with E-state index in [1.54, 1.807) is 14.2 Å². The van der Waals surface area contributed by atoms with E-state index in [1.165, 1.54) is 0 Å². The molecular weight excluding hydrogens is 360 g/mol. The number of aromatic nitrogens is 1. The van der Waals surface area contributed by atoms with E-state index in [1.807, 2.05) is 42.0 Å². The van der Waals surface area contributed by atoms with Gasteiger partial charge < -0.3 is 19.4 Å². The van der Waals surface area contributed by atoms with Crippen molar-refractivity contribution >= 4 is 21.8 Å². The number of ether oxygens (including phenoxy) is 2. The Bertz CT molecular complexity index is 682. The Hall–Kier alpha value is -1.95. The predicted octanol–water partition coefficient (Wildman–Crippen LogP) is 3.26. The van der Waals surface area contributed by atoms with Crippen molar-refractivity contribution in [1.29, 1.82) is 0 Å². The average molecular weight is 381 g/mol. The van der Waals surface area contributed by atoms with Gasteiger partial charge in [0.1, 0.15) is 17.2 Å². The molecule has 2 aromatic rings. The third-order valence-corrected chi connectivity index (χ3v) is 4.04. The summed E-state index contributed by atoms with van der Waals surface area (Å²) in [6.45, 7) is 3.29. The standard InChI is InChI=1S/C17H21BrN2O3/c1-4-20-11-13(18)9-15(20)17(21)19-8-7-12-5-6-14(22-2)10-16(12)23-3/h5-6,9-11H,4,7-8H2,1-3H3,(H,19,21). The number of rotatable bonds is 7. The van der Waals surface area contributed by atoms with Crippen molar-refractivity contribution in [2.45, 2.75) is 19.9 Å². The fourth-order valence-electron chi connectivity index (χ4n) is 2.39. The lowest BCUT2D eigenvalue weighted by Gasteiger charge is -2.11. The van der Waals surface area contributed by atoms with Crippen LogP contribution in [0.3, 0.4) is 0 Å². The van der Waals surface area contributed by atoms with Crippen LogP contribution < -0.4 is 14.8 Å². The monoisotopic (exact) mass is 380 g/mol. The van der Waals surface area contributed by atoms with Crippen molar-refractivity contribution in [3.63, 3.8) is 0 Å². The normalized spacial score (nSPS) is 10.4. The van der Waals surface area contributed by atoms with E-state index >= 15 is 0 Å². The first-order valence-corrected chi connectivity index (χ1v) is 8.23. The number of nitrogens with zero attached hydrogens (tertiary/aromatic N) is 1. The van der Waals surface area contributed by atoms with E-state index in [-0.39, 0.29) is 5.91 Å². The molecule has 5 nitrogen and oxygen atoms in total. The Labute approximate surface area is 144 Å². The second kappa shape index (κ2) is 8.06. The van der Waals surface area contributed by atoms with Gasteiger partial charge in [0.15, 0.2) is 0 Å². The van der Waals surface area contributed by atoms with E-state index in [0.717, 1.165) is 28.1 Å². The molecular formula is C17H21BrN2O3. The summed E-state index contributed by atoms with van der Waals surface area (Å²) in [6.07, 6.45) is 2.59. The maximum atomic E-state index is 12.3. The summed E-state index contributed by atoms with van der Waals surface area (Å²) < 4.78 is 13.4. The highest BCUT2D eigenvalue weighted by Gasteiger charge is 2.12. The molecule has 1 N–H and O–H groups in total. The second-order valence-electron chi connectivity index (χ2n) is 5.01. The van der Waals surface area contributed by atoms with Gasteiger partial charge in [0, 0.05) is 29.8 Å². The van der Waals surface area contributed by atoms with Gasteiger partial charge in [0.25, 0.3) is 5.91 Å². The molecule has 0 radical (unpaired) electrons. The number of nitrogens with one attached hydrogen (secondary N) is 1. The molecule has 1 amide bonds. The summed E-state index contributed by atoms with van der Waals surface area (Å²) in [5.74, 6) is 1.43. The number of amides is 1. The fraction of sp³-hybridized carbons (Fsp3) is 0.353. The molecule has 2 rings (SSSR count). The zero-order valence-electron chi connectivity index (χ0n) is 13.6. The van der Waals surface area contributed by atoms with Gasteiger partial charge in [-0.2, -0.15) is 0 Å². The molecule has 0 atom stereocenters. The summed E-state index contributed by atoms with van der Waals surface area (Å²) in [6, 6.07) is 7.51. The smallest absolute Gasteiger partial charge is 0.267 e. The average Bonchev–Trinajstić information content (AvgIpc) is 2.96. The molecule has 0 aliphatic carbocycles. The minimum absolute atomic E-state index is 0.0787. The van der Waals surface area contributed by atoms with Crippen molar-refractivity contribution in [2.24, 2.45) is 0 Å². The maximum absolute atomic E-state index is 12.3. The first-order chi connectivity index (χ1) is 11.1. The first-order valence-electron chi connectivity index (χ1n) is 7.43. The van der Waals surface area contributed by atoms with Crippen molar-refractivity contribution in [1.82, 2.24) is 9.88 Å². The van der Waals surface area contributed by atoms with Gasteiger partial charge in [0.2, 0.25) is 0 Å². The third kappa shape index (κ3) is 4.28. The molecule has 0 saturated heterocycles. The van der Waals surface area contributed by atoms with E-state index < -0.39 is 0 Å². The number of carbonyl (C=O) groups is 1. The van der Waals surface area contributed by atoms with Crippen LogP contribution >= 0.6 is 15.9 Å². The van der Waals surface area contributed by atoms with Gasteiger partial charge in [-0.05, 0) is 47.0 Å². The van der Waals surface area contributed by atoms with Crippen LogP contribution in [0.5, 0.6) is 11.5 Å². The molecule has 0 bridgehead atoms. The van der Waals surface area contributed by atoms with E-state index in [0.29, 0.717) is 18.7 Å². The van der Waals surface area contributed by atoms with Crippen LogP contribution in [0, 0.1) is 0 Å². The molecule has 124 valence electrons. The third-order valence-electron chi connectivity index (χ3n) is 3.61. The number of aryl methyl sites for hydroxylation is 1. The van der Waals surface area contributed by atoms with Gasteiger partial charge in [-0.1, -0.05) is 6.07 Å². The van der Waals surface area contributed by atoms with Crippen molar-refractivity contribution in [3.05, 3.63) is 46.2 Å². The van der Waals surface area contributed by atoms with Crippen LogP contribution in [0.2, 0.25) is 0 Å². The van der Waals surface area contributed by atoms with Gasteiger partial charge in [-0.25, -0.2) is 0 Å². The lowest BCUT2D eigenvalue weighted by atomic mass is 10.1. The molecule has 23 heavy (non-hydrogen) atoms. The minimum atomic E-state index is -0.0787. The number of halogens is 1. The fourth-order valence-corrected chi connectivity index (χ4v) is 2.85. The molecule has 1 aromatic heterocycles. The lowest BCUT2D eigenvalue weighted by Crippen LogP contribution is -2.27. The van der Waals surface area contributed by atoms with E-state index in [4.69, 9.17) is 9.47 Å². The van der Waals surface area contributed by atoms with Crippen molar-refractivity contribution in [2.75, 3.05) is 20.8 Å². The number of benzene rings is 1. The van der Waals surface area contributed by atoms with Crippen molar-refractivity contribution < 1.29 is 14.3 Å². The van der Waals surface area contributed by atoms with Crippen LogP contribution in [-0.4, -0.2) is 31.2 Å². The van der Waals surface area contributed by atoms with Crippen LogP contribution in [0.15, 0.2) is 34.9 Å². The number of methoxy groups -OCH3 is 2. The number of hydrogen-bond acceptors (Lipinski definition) is 3. The van der Waals surface area contributed by atoms with Gasteiger partial charge in [-0.15, -0.1) is 0 Å².